The Labute approximate surface area is 77.6 Å². The maximum atomic E-state index is 10.7. The van der Waals surface area contributed by atoms with Crippen LogP contribution in [-0.2, 0) is 0 Å². The van der Waals surface area contributed by atoms with Crippen molar-refractivity contribution in [1.82, 2.24) is 14.6 Å². The summed E-state index contributed by atoms with van der Waals surface area (Å²) >= 11 is 5.68. The van der Waals surface area contributed by atoms with Gasteiger partial charge >= 0.3 is 5.97 Å². The third kappa shape index (κ3) is 1.23. The fraction of sp³-hybridized carbons (Fsp3) is 0. The van der Waals surface area contributed by atoms with Gasteiger partial charge in [0.15, 0.2) is 5.65 Å². The van der Waals surface area contributed by atoms with E-state index in [4.69, 9.17) is 16.7 Å². The van der Waals surface area contributed by atoms with E-state index in [0.717, 1.165) is 0 Å². The van der Waals surface area contributed by atoms with Crippen molar-refractivity contribution in [3.63, 3.8) is 0 Å². The molecule has 2 aromatic rings. The molecule has 0 saturated carbocycles. The maximum absolute atomic E-state index is 10.7. The first-order valence-electron chi connectivity index (χ1n) is 3.41. The molecule has 0 aromatic carbocycles. The molecular formula is C7H4ClN3O2. The molecule has 0 radical (unpaired) electrons. The second-order valence-corrected chi connectivity index (χ2v) is 2.86. The fourth-order valence-electron chi connectivity index (χ4n) is 1.06. The van der Waals surface area contributed by atoms with Gasteiger partial charge in [0.2, 0.25) is 0 Å². The molecule has 2 rings (SSSR count). The Morgan fingerprint density at radius 3 is 3.00 bits per heavy atom. The zero-order chi connectivity index (χ0) is 9.42. The van der Waals surface area contributed by atoms with Crippen LogP contribution >= 0.6 is 11.6 Å². The van der Waals surface area contributed by atoms with Gasteiger partial charge in [0.25, 0.3) is 0 Å². The Balaban J connectivity index is 2.84. The van der Waals surface area contributed by atoms with E-state index in [9.17, 15) is 4.79 Å². The molecule has 0 atom stereocenters. The molecule has 0 aliphatic heterocycles. The van der Waals surface area contributed by atoms with Crippen LogP contribution in [0.25, 0.3) is 5.65 Å². The number of aromatic nitrogens is 3. The lowest BCUT2D eigenvalue weighted by Crippen LogP contribution is -2.04. The van der Waals surface area contributed by atoms with E-state index in [1.54, 1.807) is 6.07 Å². The van der Waals surface area contributed by atoms with Crippen LogP contribution in [0.3, 0.4) is 0 Å². The number of hydrogen-bond donors (Lipinski definition) is 1. The highest BCUT2D eigenvalue weighted by Gasteiger charge is 2.10. The standard InChI is InChI=1S/C7H4ClN3O2/c8-4-1-5(7(12)13)11-3-9-10-6(11)2-4/h1-3H,(H,12,13). The first kappa shape index (κ1) is 8.00. The first-order valence-corrected chi connectivity index (χ1v) is 3.79. The first-order chi connectivity index (χ1) is 6.18. The van der Waals surface area contributed by atoms with E-state index in [1.165, 1.54) is 16.8 Å². The highest BCUT2D eigenvalue weighted by Crippen LogP contribution is 2.14. The van der Waals surface area contributed by atoms with Crippen LogP contribution in [0.1, 0.15) is 10.5 Å². The second kappa shape index (κ2) is 2.70. The van der Waals surface area contributed by atoms with Crippen LogP contribution in [0.4, 0.5) is 0 Å². The molecule has 66 valence electrons. The van der Waals surface area contributed by atoms with Gasteiger partial charge in [-0.2, -0.15) is 0 Å². The fourth-order valence-corrected chi connectivity index (χ4v) is 1.26. The molecule has 0 unspecified atom stereocenters. The van der Waals surface area contributed by atoms with E-state index in [2.05, 4.69) is 10.2 Å². The SMILES string of the molecule is O=C(O)c1cc(Cl)cc2nncn12. The third-order valence-electron chi connectivity index (χ3n) is 1.59. The lowest BCUT2D eigenvalue weighted by atomic mass is 10.3. The number of hydrogen-bond acceptors (Lipinski definition) is 3. The summed E-state index contributed by atoms with van der Waals surface area (Å²) in [5.41, 5.74) is 0.470. The zero-order valence-electron chi connectivity index (χ0n) is 6.31. The number of carbonyl (C=O) groups is 1. The maximum Gasteiger partial charge on any atom is 0.353 e. The molecular weight excluding hydrogens is 194 g/mol. The van der Waals surface area contributed by atoms with Gasteiger partial charge in [-0.05, 0) is 6.07 Å². The Morgan fingerprint density at radius 1 is 1.54 bits per heavy atom. The van der Waals surface area contributed by atoms with Gasteiger partial charge in [0.05, 0.1) is 0 Å². The van der Waals surface area contributed by atoms with E-state index >= 15 is 0 Å². The van der Waals surface area contributed by atoms with E-state index in [1.807, 2.05) is 0 Å². The molecule has 6 heteroatoms. The molecule has 0 bridgehead atoms. The summed E-state index contributed by atoms with van der Waals surface area (Å²) in [6.07, 6.45) is 1.33. The summed E-state index contributed by atoms with van der Waals surface area (Å²) in [7, 11) is 0. The van der Waals surface area contributed by atoms with Gasteiger partial charge in [-0.3, -0.25) is 4.40 Å². The molecule has 0 amide bonds. The molecule has 2 heterocycles. The van der Waals surface area contributed by atoms with Gasteiger partial charge in [-0.15, -0.1) is 10.2 Å². The number of rotatable bonds is 1. The summed E-state index contributed by atoms with van der Waals surface area (Å²) < 4.78 is 1.36. The molecule has 13 heavy (non-hydrogen) atoms. The van der Waals surface area contributed by atoms with Gasteiger partial charge in [0.1, 0.15) is 12.0 Å². The lowest BCUT2D eigenvalue weighted by molar-refractivity contribution is 0.0689. The minimum atomic E-state index is -1.06. The average molecular weight is 198 g/mol. The Kier molecular flexibility index (Phi) is 1.66. The Bertz CT molecular complexity index is 480. The third-order valence-corrected chi connectivity index (χ3v) is 1.81. The van der Waals surface area contributed by atoms with Crippen molar-refractivity contribution < 1.29 is 9.90 Å². The number of pyridine rings is 1. The smallest absolute Gasteiger partial charge is 0.353 e. The van der Waals surface area contributed by atoms with Crippen LogP contribution in [-0.4, -0.2) is 25.7 Å². The monoisotopic (exact) mass is 197 g/mol. The van der Waals surface area contributed by atoms with Crippen molar-refractivity contribution in [1.29, 1.82) is 0 Å². The number of carboxylic acid groups (broad SMARTS) is 1. The summed E-state index contributed by atoms with van der Waals surface area (Å²) in [6.45, 7) is 0. The average Bonchev–Trinajstić information content (AvgIpc) is 2.49. The second-order valence-electron chi connectivity index (χ2n) is 2.42. The predicted molar refractivity (Wildman–Crippen MR) is 45.0 cm³/mol. The van der Waals surface area contributed by atoms with Gasteiger partial charge in [0, 0.05) is 11.1 Å². The van der Waals surface area contributed by atoms with Crippen LogP contribution < -0.4 is 0 Å². The molecule has 0 spiro atoms. The summed E-state index contributed by atoms with van der Waals surface area (Å²) in [5, 5.41) is 16.4. The normalized spacial score (nSPS) is 10.5. The molecule has 0 fully saturated rings. The van der Waals surface area contributed by atoms with E-state index in [-0.39, 0.29) is 5.69 Å². The zero-order valence-corrected chi connectivity index (χ0v) is 7.06. The molecule has 0 saturated heterocycles. The molecule has 2 aromatic heterocycles. The van der Waals surface area contributed by atoms with Crippen molar-refractivity contribution in [3.05, 3.63) is 29.2 Å². The number of nitrogens with zero attached hydrogens (tertiary/aromatic N) is 3. The molecule has 0 aliphatic carbocycles. The molecule has 1 N–H and O–H groups in total. The highest BCUT2D eigenvalue weighted by atomic mass is 35.5. The minimum absolute atomic E-state index is 0.0486. The molecule has 5 nitrogen and oxygen atoms in total. The highest BCUT2D eigenvalue weighted by molar-refractivity contribution is 6.31. The number of carboxylic acids is 1. The van der Waals surface area contributed by atoms with Crippen LogP contribution in [0.2, 0.25) is 5.02 Å². The van der Waals surface area contributed by atoms with Gasteiger partial charge in [-0.25, -0.2) is 4.79 Å². The van der Waals surface area contributed by atoms with Crippen molar-refractivity contribution in [3.8, 4) is 0 Å². The topological polar surface area (TPSA) is 67.5 Å². The van der Waals surface area contributed by atoms with Gasteiger partial charge < -0.3 is 5.11 Å². The summed E-state index contributed by atoms with van der Waals surface area (Å²) in [4.78, 5) is 10.7. The van der Waals surface area contributed by atoms with Crippen molar-refractivity contribution >= 4 is 23.2 Å². The summed E-state index contributed by atoms with van der Waals surface area (Å²) in [5.74, 6) is -1.06. The molecule has 0 aliphatic rings. The quantitative estimate of drug-likeness (QED) is 0.743. The van der Waals surface area contributed by atoms with Crippen LogP contribution in [0.5, 0.6) is 0 Å². The minimum Gasteiger partial charge on any atom is -0.477 e. The largest absolute Gasteiger partial charge is 0.477 e. The Morgan fingerprint density at radius 2 is 2.31 bits per heavy atom. The number of aromatic carboxylic acids is 1. The predicted octanol–water partition coefficient (Wildman–Crippen LogP) is 1.08. The number of fused-ring (bicyclic) bond motifs is 1. The van der Waals surface area contributed by atoms with Crippen LogP contribution in [0.15, 0.2) is 18.5 Å². The Hall–Kier alpha value is -1.62. The van der Waals surface area contributed by atoms with Gasteiger partial charge in [-0.1, -0.05) is 11.6 Å². The van der Waals surface area contributed by atoms with Crippen molar-refractivity contribution in [2.24, 2.45) is 0 Å². The lowest BCUT2D eigenvalue weighted by Gasteiger charge is -1.99. The van der Waals surface area contributed by atoms with E-state index in [0.29, 0.717) is 10.7 Å². The van der Waals surface area contributed by atoms with Crippen LogP contribution in [0, 0.1) is 0 Å². The number of halogens is 1. The summed E-state index contributed by atoms with van der Waals surface area (Å²) in [6, 6.07) is 2.89. The van der Waals surface area contributed by atoms with Crippen molar-refractivity contribution in [2.45, 2.75) is 0 Å². The van der Waals surface area contributed by atoms with Crippen molar-refractivity contribution in [2.75, 3.05) is 0 Å². The van der Waals surface area contributed by atoms with E-state index < -0.39 is 5.97 Å².